The van der Waals surface area contributed by atoms with Gasteiger partial charge < -0.3 is 16.0 Å². The molecule has 1 aliphatic carbocycles. The van der Waals surface area contributed by atoms with Gasteiger partial charge in [-0.3, -0.25) is 0 Å². The second-order valence-electron chi connectivity index (χ2n) is 5.91. The Morgan fingerprint density at radius 3 is 2.70 bits per heavy atom. The molecule has 2 amide bonds. The van der Waals surface area contributed by atoms with Gasteiger partial charge in [-0.1, -0.05) is 24.3 Å². The van der Waals surface area contributed by atoms with Crippen LogP contribution < -0.4 is 11.1 Å². The van der Waals surface area contributed by atoms with Crippen molar-refractivity contribution in [3.63, 3.8) is 0 Å². The van der Waals surface area contributed by atoms with Gasteiger partial charge in [0.2, 0.25) is 0 Å². The van der Waals surface area contributed by atoms with Crippen LogP contribution in [0.15, 0.2) is 24.3 Å². The van der Waals surface area contributed by atoms with Gasteiger partial charge in [-0.2, -0.15) is 0 Å². The number of fused-ring (bicyclic) bond motifs is 1. The van der Waals surface area contributed by atoms with Crippen LogP contribution in [0.3, 0.4) is 0 Å². The first-order valence-electron chi connectivity index (χ1n) is 7.62. The highest BCUT2D eigenvalue weighted by Crippen LogP contribution is 2.30. The number of nitrogens with zero attached hydrogens (tertiary/aromatic N) is 1. The monoisotopic (exact) mass is 273 g/mol. The summed E-state index contributed by atoms with van der Waals surface area (Å²) < 4.78 is 0. The van der Waals surface area contributed by atoms with Crippen LogP contribution in [0, 0.1) is 0 Å². The van der Waals surface area contributed by atoms with E-state index < -0.39 is 0 Å². The predicted molar refractivity (Wildman–Crippen MR) is 79.4 cm³/mol. The molecule has 1 aromatic carbocycles. The summed E-state index contributed by atoms with van der Waals surface area (Å²) in [6.07, 6.45) is 5.68. The molecule has 1 fully saturated rings. The summed E-state index contributed by atoms with van der Waals surface area (Å²) in [5.41, 5.74) is 8.29. The maximum atomic E-state index is 11.1. The molecule has 0 spiro atoms. The first-order valence-corrected chi connectivity index (χ1v) is 7.62. The first kappa shape index (κ1) is 13.4. The van der Waals surface area contributed by atoms with E-state index in [9.17, 15) is 4.79 Å². The summed E-state index contributed by atoms with van der Waals surface area (Å²) in [5.74, 6) is 0. The minimum absolute atomic E-state index is 0.286. The molecule has 20 heavy (non-hydrogen) atoms. The number of hydrogen-bond acceptors (Lipinski definition) is 2. The second kappa shape index (κ2) is 5.83. The standard InChI is InChI=1S/C16H23N3O/c17-16(20)19-10-8-13(9-11-19)18-15-7-3-5-12-4-1-2-6-14(12)15/h1-2,4,6,13,15,18H,3,5,7-11H2,(H2,17,20). The number of benzene rings is 1. The van der Waals surface area contributed by atoms with Gasteiger partial charge in [-0.25, -0.2) is 4.79 Å². The normalized spacial score (nSPS) is 23.4. The number of piperidine rings is 1. The quantitative estimate of drug-likeness (QED) is 0.868. The first-order chi connectivity index (χ1) is 9.74. The highest BCUT2D eigenvalue weighted by molar-refractivity contribution is 5.72. The summed E-state index contributed by atoms with van der Waals surface area (Å²) in [5, 5.41) is 3.79. The van der Waals surface area contributed by atoms with Crippen LogP contribution in [0.4, 0.5) is 4.79 Å². The van der Waals surface area contributed by atoms with Crippen LogP contribution in [-0.4, -0.2) is 30.1 Å². The minimum Gasteiger partial charge on any atom is -0.351 e. The third-order valence-corrected chi connectivity index (χ3v) is 4.61. The molecule has 108 valence electrons. The molecule has 3 N–H and O–H groups in total. The lowest BCUT2D eigenvalue weighted by Crippen LogP contribution is -2.47. The van der Waals surface area contributed by atoms with Gasteiger partial charge in [0, 0.05) is 25.2 Å². The summed E-state index contributed by atoms with van der Waals surface area (Å²) in [4.78, 5) is 12.9. The molecule has 1 heterocycles. The Morgan fingerprint density at radius 1 is 1.20 bits per heavy atom. The largest absolute Gasteiger partial charge is 0.351 e. The molecule has 1 saturated heterocycles. The van der Waals surface area contributed by atoms with Gasteiger partial charge >= 0.3 is 6.03 Å². The van der Waals surface area contributed by atoms with Gasteiger partial charge in [0.05, 0.1) is 0 Å². The zero-order valence-corrected chi connectivity index (χ0v) is 11.8. The number of nitrogens with one attached hydrogen (secondary N) is 1. The maximum absolute atomic E-state index is 11.1. The molecule has 1 aliphatic heterocycles. The summed E-state index contributed by atoms with van der Waals surface area (Å²) in [6.45, 7) is 1.56. The van der Waals surface area contributed by atoms with E-state index in [1.165, 1.54) is 30.4 Å². The fraction of sp³-hybridized carbons (Fsp3) is 0.562. The number of primary amides is 1. The molecular formula is C16H23N3O. The summed E-state index contributed by atoms with van der Waals surface area (Å²) in [7, 11) is 0. The van der Waals surface area contributed by atoms with E-state index in [2.05, 4.69) is 29.6 Å². The van der Waals surface area contributed by atoms with Gasteiger partial charge in [-0.15, -0.1) is 0 Å². The summed E-state index contributed by atoms with van der Waals surface area (Å²) in [6, 6.07) is 9.46. The fourth-order valence-corrected chi connectivity index (χ4v) is 3.48. The van der Waals surface area contributed by atoms with E-state index >= 15 is 0 Å². The van der Waals surface area contributed by atoms with E-state index in [0.29, 0.717) is 12.1 Å². The van der Waals surface area contributed by atoms with Crippen LogP contribution >= 0.6 is 0 Å². The van der Waals surface area contributed by atoms with E-state index in [0.717, 1.165) is 25.9 Å². The Hall–Kier alpha value is -1.55. The molecule has 3 rings (SSSR count). The highest BCUT2D eigenvalue weighted by atomic mass is 16.2. The maximum Gasteiger partial charge on any atom is 0.314 e. The van der Waals surface area contributed by atoms with E-state index in [4.69, 9.17) is 5.73 Å². The van der Waals surface area contributed by atoms with Crippen molar-refractivity contribution in [1.29, 1.82) is 0 Å². The number of carbonyl (C=O) groups excluding carboxylic acids is 1. The molecular weight excluding hydrogens is 250 g/mol. The van der Waals surface area contributed by atoms with Crippen molar-refractivity contribution in [1.82, 2.24) is 10.2 Å². The minimum atomic E-state index is -0.286. The fourth-order valence-electron chi connectivity index (χ4n) is 3.48. The van der Waals surface area contributed by atoms with Gasteiger partial charge in [-0.05, 0) is 43.2 Å². The number of amides is 2. The number of rotatable bonds is 2. The molecule has 4 nitrogen and oxygen atoms in total. The molecule has 0 saturated carbocycles. The Morgan fingerprint density at radius 2 is 1.95 bits per heavy atom. The lowest BCUT2D eigenvalue weighted by atomic mass is 9.87. The average molecular weight is 273 g/mol. The van der Waals surface area contributed by atoms with Crippen molar-refractivity contribution in [2.45, 2.75) is 44.2 Å². The molecule has 1 aromatic rings. The Labute approximate surface area is 120 Å². The molecule has 2 aliphatic rings. The van der Waals surface area contributed by atoms with E-state index in [-0.39, 0.29) is 6.03 Å². The van der Waals surface area contributed by atoms with Crippen LogP contribution in [0.5, 0.6) is 0 Å². The topological polar surface area (TPSA) is 58.4 Å². The van der Waals surface area contributed by atoms with Crippen molar-refractivity contribution in [2.24, 2.45) is 5.73 Å². The van der Waals surface area contributed by atoms with Crippen molar-refractivity contribution in [3.8, 4) is 0 Å². The van der Waals surface area contributed by atoms with Crippen molar-refractivity contribution in [3.05, 3.63) is 35.4 Å². The number of nitrogens with two attached hydrogens (primary N) is 1. The second-order valence-corrected chi connectivity index (χ2v) is 5.91. The number of aryl methyl sites for hydroxylation is 1. The molecule has 0 radical (unpaired) electrons. The lowest BCUT2D eigenvalue weighted by Gasteiger charge is -2.35. The van der Waals surface area contributed by atoms with Gasteiger partial charge in [0.1, 0.15) is 0 Å². The number of urea groups is 1. The third-order valence-electron chi connectivity index (χ3n) is 4.61. The van der Waals surface area contributed by atoms with Crippen LogP contribution in [-0.2, 0) is 6.42 Å². The SMILES string of the molecule is NC(=O)N1CCC(NC2CCCc3ccccc32)CC1. The molecule has 1 unspecified atom stereocenters. The summed E-state index contributed by atoms with van der Waals surface area (Å²) >= 11 is 0. The van der Waals surface area contributed by atoms with Gasteiger partial charge in [0.15, 0.2) is 0 Å². The zero-order chi connectivity index (χ0) is 13.9. The van der Waals surface area contributed by atoms with Crippen molar-refractivity contribution in [2.75, 3.05) is 13.1 Å². The molecule has 4 heteroatoms. The average Bonchev–Trinajstić information content (AvgIpc) is 2.48. The molecule has 0 aromatic heterocycles. The number of hydrogen-bond donors (Lipinski definition) is 2. The van der Waals surface area contributed by atoms with E-state index in [1.54, 1.807) is 4.90 Å². The van der Waals surface area contributed by atoms with Crippen LogP contribution in [0.25, 0.3) is 0 Å². The Bertz CT molecular complexity index is 480. The Kier molecular flexibility index (Phi) is 3.92. The van der Waals surface area contributed by atoms with Crippen LogP contribution in [0.1, 0.15) is 42.9 Å². The van der Waals surface area contributed by atoms with Crippen LogP contribution in [0.2, 0.25) is 0 Å². The third kappa shape index (κ3) is 2.80. The van der Waals surface area contributed by atoms with Crippen molar-refractivity contribution >= 4 is 6.03 Å². The van der Waals surface area contributed by atoms with Gasteiger partial charge in [0.25, 0.3) is 0 Å². The predicted octanol–water partition coefficient (Wildman–Crippen LogP) is 2.20. The lowest BCUT2D eigenvalue weighted by molar-refractivity contribution is 0.181. The molecule has 0 bridgehead atoms. The number of carbonyl (C=O) groups is 1. The smallest absolute Gasteiger partial charge is 0.314 e. The highest BCUT2D eigenvalue weighted by Gasteiger charge is 2.26. The van der Waals surface area contributed by atoms with Crippen molar-refractivity contribution < 1.29 is 4.79 Å². The Balaban J connectivity index is 1.61. The van der Waals surface area contributed by atoms with E-state index in [1.807, 2.05) is 0 Å². The number of likely N-dealkylation sites (tertiary alicyclic amines) is 1. The molecule has 1 atom stereocenters. The zero-order valence-electron chi connectivity index (χ0n) is 11.8.